The second-order valence-corrected chi connectivity index (χ2v) is 7.50. The monoisotopic (exact) mass is 428 g/mol. The highest BCUT2D eigenvalue weighted by molar-refractivity contribution is 6.31. The summed E-state index contributed by atoms with van der Waals surface area (Å²) < 4.78 is 8.59. The van der Waals surface area contributed by atoms with Crippen molar-refractivity contribution in [3.05, 3.63) is 69.1 Å². The number of carbonyl (C=O) groups excluding carboxylic acids is 1. The fraction of sp³-hybridized carbons (Fsp3) is 0.273. The average molecular weight is 429 g/mol. The third kappa shape index (κ3) is 4.07. The Hall–Kier alpha value is -3.19. The van der Waals surface area contributed by atoms with E-state index in [9.17, 15) is 9.59 Å². The number of nitrogens with zero attached hydrogens (tertiary/aromatic N) is 2. The Balaban J connectivity index is 1.85. The topological polar surface area (TPSA) is 77.3 Å². The van der Waals surface area contributed by atoms with Gasteiger partial charge in [0.2, 0.25) is 5.91 Å². The molecular formula is C22H25ClN4O3. The van der Waals surface area contributed by atoms with Crippen LogP contribution in [0.2, 0.25) is 5.02 Å². The zero-order valence-electron chi connectivity index (χ0n) is 17.6. The van der Waals surface area contributed by atoms with Crippen molar-refractivity contribution in [3.63, 3.8) is 0 Å². The summed E-state index contributed by atoms with van der Waals surface area (Å²) in [6.45, 7) is 5.38. The van der Waals surface area contributed by atoms with Gasteiger partial charge < -0.3 is 15.4 Å². The molecule has 0 aliphatic carbocycles. The summed E-state index contributed by atoms with van der Waals surface area (Å²) in [5.74, 6) is 0.197. The number of methoxy groups -OCH3 is 1. The first-order valence-electron chi connectivity index (χ1n) is 9.50. The van der Waals surface area contributed by atoms with Crippen LogP contribution in [0, 0.1) is 13.8 Å². The minimum absolute atomic E-state index is 0.249. The van der Waals surface area contributed by atoms with Crippen molar-refractivity contribution in [1.29, 1.82) is 0 Å². The summed E-state index contributed by atoms with van der Waals surface area (Å²) >= 11 is 6.15. The van der Waals surface area contributed by atoms with Crippen LogP contribution in [0.4, 0.5) is 11.4 Å². The van der Waals surface area contributed by atoms with Crippen molar-refractivity contribution in [3.8, 4) is 11.4 Å². The highest BCUT2D eigenvalue weighted by Crippen LogP contribution is 2.31. The first kappa shape index (κ1) is 21.5. The maximum Gasteiger partial charge on any atom is 0.295 e. The van der Waals surface area contributed by atoms with Crippen molar-refractivity contribution in [2.75, 3.05) is 17.7 Å². The summed E-state index contributed by atoms with van der Waals surface area (Å²) in [7, 11) is 3.32. The van der Waals surface area contributed by atoms with Crippen LogP contribution in [0.3, 0.4) is 0 Å². The lowest BCUT2D eigenvalue weighted by Crippen LogP contribution is -2.34. The molecule has 1 heterocycles. The van der Waals surface area contributed by atoms with E-state index in [0.717, 1.165) is 11.3 Å². The Bertz CT molecular complexity index is 1140. The number of aromatic nitrogens is 2. The smallest absolute Gasteiger partial charge is 0.295 e. The fourth-order valence-electron chi connectivity index (χ4n) is 3.19. The second kappa shape index (κ2) is 8.67. The Labute approximate surface area is 180 Å². The lowest BCUT2D eigenvalue weighted by Gasteiger charge is -2.18. The molecule has 0 unspecified atom stereocenters. The molecule has 1 atom stereocenters. The number of hydrogen-bond donors (Lipinski definition) is 2. The number of aryl methyl sites for hydroxylation is 1. The molecule has 3 aromatic rings. The lowest BCUT2D eigenvalue weighted by atomic mass is 10.2. The SMILES string of the molecule is COc1cc(Cl)c(C)cc1N[C@@H](C)C(=O)Nc1c(C)n(C)n(-c2ccccc2)c1=O. The van der Waals surface area contributed by atoms with E-state index in [-0.39, 0.29) is 17.2 Å². The molecule has 158 valence electrons. The highest BCUT2D eigenvalue weighted by atomic mass is 35.5. The van der Waals surface area contributed by atoms with Gasteiger partial charge >= 0.3 is 0 Å². The van der Waals surface area contributed by atoms with Crippen molar-refractivity contribution in [2.24, 2.45) is 7.05 Å². The fourth-order valence-corrected chi connectivity index (χ4v) is 3.34. The molecule has 30 heavy (non-hydrogen) atoms. The van der Waals surface area contributed by atoms with Gasteiger partial charge in [0.25, 0.3) is 5.56 Å². The maximum absolute atomic E-state index is 13.0. The van der Waals surface area contributed by atoms with E-state index in [1.54, 1.807) is 31.6 Å². The molecule has 0 bridgehead atoms. The zero-order chi connectivity index (χ0) is 22.0. The number of benzene rings is 2. The summed E-state index contributed by atoms with van der Waals surface area (Å²) in [6, 6.07) is 12.2. The molecule has 0 spiro atoms. The molecule has 0 aliphatic heterocycles. The maximum atomic E-state index is 13.0. The largest absolute Gasteiger partial charge is 0.495 e. The van der Waals surface area contributed by atoms with Gasteiger partial charge in [0, 0.05) is 18.1 Å². The number of anilines is 2. The molecule has 2 aromatic carbocycles. The zero-order valence-corrected chi connectivity index (χ0v) is 18.4. The predicted octanol–water partition coefficient (Wildman–Crippen LogP) is 3.89. The summed E-state index contributed by atoms with van der Waals surface area (Å²) in [5.41, 5.74) is 2.84. The van der Waals surface area contributed by atoms with Crippen molar-refractivity contribution in [2.45, 2.75) is 26.8 Å². The van der Waals surface area contributed by atoms with Crippen LogP contribution in [0.25, 0.3) is 5.69 Å². The average Bonchev–Trinajstić information content (AvgIpc) is 2.94. The van der Waals surface area contributed by atoms with E-state index in [1.165, 1.54) is 11.8 Å². The van der Waals surface area contributed by atoms with Gasteiger partial charge in [-0.3, -0.25) is 14.3 Å². The lowest BCUT2D eigenvalue weighted by molar-refractivity contribution is -0.116. The number of para-hydroxylation sites is 1. The Morgan fingerprint density at radius 1 is 1.17 bits per heavy atom. The second-order valence-electron chi connectivity index (χ2n) is 7.09. The number of hydrogen-bond acceptors (Lipinski definition) is 4. The van der Waals surface area contributed by atoms with Gasteiger partial charge in [-0.2, -0.15) is 0 Å². The van der Waals surface area contributed by atoms with E-state index < -0.39 is 6.04 Å². The van der Waals surface area contributed by atoms with Gasteiger partial charge in [-0.1, -0.05) is 29.8 Å². The molecule has 8 heteroatoms. The molecule has 1 aromatic heterocycles. The molecule has 0 aliphatic rings. The molecule has 0 fully saturated rings. The number of halogens is 1. The van der Waals surface area contributed by atoms with Crippen LogP contribution in [-0.4, -0.2) is 28.4 Å². The molecule has 0 radical (unpaired) electrons. The van der Waals surface area contributed by atoms with Crippen molar-refractivity contribution < 1.29 is 9.53 Å². The van der Waals surface area contributed by atoms with Gasteiger partial charge in [-0.05, 0) is 44.5 Å². The summed E-state index contributed by atoms with van der Waals surface area (Å²) in [4.78, 5) is 25.8. The van der Waals surface area contributed by atoms with Crippen LogP contribution >= 0.6 is 11.6 Å². The van der Waals surface area contributed by atoms with Crippen molar-refractivity contribution >= 4 is 28.9 Å². The Kier molecular flexibility index (Phi) is 6.22. The number of nitrogens with one attached hydrogen (secondary N) is 2. The molecule has 0 saturated heterocycles. The summed E-state index contributed by atoms with van der Waals surface area (Å²) in [6.07, 6.45) is 0. The molecule has 3 rings (SSSR count). The first-order chi connectivity index (χ1) is 14.2. The van der Waals surface area contributed by atoms with Gasteiger partial charge in [0.05, 0.1) is 24.2 Å². The molecule has 0 saturated carbocycles. The molecule has 7 nitrogen and oxygen atoms in total. The predicted molar refractivity (Wildman–Crippen MR) is 120 cm³/mol. The van der Waals surface area contributed by atoms with Crippen LogP contribution in [-0.2, 0) is 11.8 Å². The Morgan fingerprint density at radius 2 is 1.83 bits per heavy atom. The minimum Gasteiger partial charge on any atom is -0.495 e. The number of rotatable bonds is 6. The van der Waals surface area contributed by atoms with Crippen LogP contribution in [0.5, 0.6) is 5.75 Å². The van der Waals surface area contributed by atoms with E-state index in [2.05, 4.69) is 10.6 Å². The minimum atomic E-state index is -0.622. The molecule has 1 amide bonds. The van der Waals surface area contributed by atoms with E-state index in [4.69, 9.17) is 16.3 Å². The highest BCUT2D eigenvalue weighted by Gasteiger charge is 2.21. The first-order valence-corrected chi connectivity index (χ1v) is 9.88. The van der Waals surface area contributed by atoms with Crippen LogP contribution in [0.15, 0.2) is 47.3 Å². The number of amides is 1. The van der Waals surface area contributed by atoms with Gasteiger partial charge in [0.1, 0.15) is 17.5 Å². The van der Waals surface area contributed by atoms with Crippen LogP contribution in [0.1, 0.15) is 18.2 Å². The van der Waals surface area contributed by atoms with Gasteiger partial charge in [0.15, 0.2) is 0 Å². The van der Waals surface area contributed by atoms with Gasteiger partial charge in [-0.15, -0.1) is 0 Å². The normalized spacial score (nSPS) is 11.8. The summed E-state index contributed by atoms with van der Waals surface area (Å²) in [5, 5.41) is 6.48. The number of carbonyl (C=O) groups is 1. The Morgan fingerprint density at radius 3 is 2.47 bits per heavy atom. The number of ether oxygens (including phenoxy) is 1. The van der Waals surface area contributed by atoms with E-state index >= 15 is 0 Å². The van der Waals surface area contributed by atoms with Crippen molar-refractivity contribution in [1.82, 2.24) is 9.36 Å². The third-order valence-corrected chi connectivity index (χ3v) is 5.46. The van der Waals surface area contributed by atoms with E-state index in [0.29, 0.717) is 22.2 Å². The quantitative estimate of drug-likeness (QED) is 0.624. The van der Waals surface area contributed by atoms with Gasteiger partial charge in [-0.25, -0.2) is 4.68 Å². The third-order valence-electron chi connectivity index (χ3n) is 5.05. The van der Waals surface area contributed by atoms with Crippen LogP contribution < -0.4 is 20.9 Å². The van der Waals surface area contributed by atoms with E-state index in [1.807, 2.05) is 43.3 Å². The molecule has 2 N–H and O–H groups in total. The standard InChI is InChI=1S/C22H25ClN4O3/c1-13-11-18(19(30-5)12-17(13)23)24-14(2)21(28)25-20-15(3)26(4)27(22(20)29)16-9-7-6-8-10-16/h6-12,14,24H,1-5H3,(H,25,28)/t14-/m0/s1. The molecular weight excluding hydrogens is 404 g/mol.